The summed E-state index contributed by atoms with van der Waals surface area (Å²) in [5.41, 5.74) is 4.29. The summed E-state index contributed by atoms with van der Waals surface area (Å²) >= 11 is 1.66. The molecule has 0 aliphatic heterocycles. The fourth-order valence-electron chi connectivity index (χ4n) is 2.91. The highest BCUT2D eigenvalue weighted by molar-refractivity contribution is 7.98. The van der Waals surface area contributed by atoms with Crippen LogP contribution in [0, 0.1) is 0 Å². The second-order valence-electron chi connectivity index (χ2n) is 6.10. The van der Waals surface area contributed by atoms with Crippen molar-refractivity contribution in [1.29, 1.82) is 0 Å². The molecular weight excluding hydrogens is 346 g/mol. The van der Waals surface area contributed by atoms with Gasteiger partial charge in [0.2, 0.25) is 0 Å². The second-order valence-corrected chi connectivity index (χ2v) is 6.98. The van der Waals surface area contributed by atoms with Crippen LogP contribution in [0.4, 0.5) is 5.69 Å². The van der Waals surface area contributed by atoms with Gasteiger partial charge < -0.3 is 10.1 Å². The van der Waals surface area contributed by atoms with E-state index >= 15 is 0 Å². The van der Waals surface area contributed by atoms with Crippen molar-refractivity contribution in [3.63, 3.8) is 0 Å². The smallest absolute Gasteiger partial charge is 0.331 e. The molecule has 0 radical (unpaired) electrons. The largest absolute Gasteiger partial charge is 0.452 e. The molecule has 1 aliphatic carbocycles. The van der Waals surface area contributed by atoms with Gasteiger partial charge in [0.05, 0.1) is 0 Å². The summed E-state index contributed by atoms with van der Waals surface area (Å²) in [7, 11) is 0. The number of thioether (sulfide) groups is 1. The van der Waals surface area contributed by atoms with Crippen molar-refractivity contribution < 1.29 is 14.3 Å². The van der Waals surface area contributed by atoms with Crippen LogP contribution in [-0.4, -0.2) is 24.7 Å². The first kappa shape index (κ1) is 18.3. The van der Waals surface area contributed by atoms with Gasteiger partial charge in [0.25, 0.3) is 5.91 Å². The Morgan fingerprint density at radius 2 is 1.88 bits per heavy atom. The molecule has 3 rings (SSSR count). The summed E-state index contributed by atoms with van der Waals surface area (Å²) in [5.74, 6) is -0.878. The van der Waals surface area contributed by atoms with Gasteiger partial charge in [0.1, 0.15) is 0 Å². The van der Waals surface area contributed by atoms with Crippen molar-refractivity contribution >= 4 is 35.4 Å². The number of anilines is 1. The molecule has 2 aromatic rings. The van der Waals surface area contributed by atoms with Crippen LogP contribution in [0.15, 0.2) is 53.4 Å². The number of amides is 1. The molecule has 0 saturated carbocycles. The minimum Gasteiger partial charge on any atom is -0.452 e. The van der Waals surface area contributed by atoms with Crippen LogP contribution in [0.2, 0.25) is 0 Å². The number of hydrogen-bond donors (Lipinski definition) is 1. The molecular formula is C21H21NO3S. The fourth-order valence-corrected chi connectivity index (χ4v) is 3.32. The first-order valence-electron chi connectivity index (χ1n) is 8.54. The summed E-state index contributed by atoms with van der Waals surface area (Å²) in [6.07, 6.45) is 8.33. The van der Waals surface area contributed by atoms with E-state index in [4.69, 9.17) is 4.74 Å². The molecule has 4 nitrogen and oxygen atoms in total. The third-order valence-electron chi connectivity index (χ3n) is 4.26. The summed E-state index contributed by atoms with van der Waals surface area (Å²) < 4.78 is 4.99. The fraction of sp³-hybridized carbons (Fsp3) is 0.238. The van der Waals surface area contributed by atoms with Gasteiger partial charge in [-0.2, -0.15) is 0 Å². The van der Waals surface area contributed by atoms with Gasteiger partial charge in [-0.05, 0) is 72.6 Å². The number of rotatable bonds is 6. The highest BCUT2D eigenvalue weighted by Crippen LogP contribution is 2.24. The number of carbonyl (C=O) groups is 2. The Balaban J connectivity index is 1.46. The first-order valence-corrected chi connectivity index (χ1v) is 9.77. The van der Waals surface area contributed by atoms with Crippen LogP contribution in [0.1, 0.15) is 23.1 Å². The Morgan fingerprint density at radius 1 is 1.12 bits per heavy atom. The average molecular weight is 367 g/mol. The maximum atomic E-state index is 11.9. The molecule has 1 amide bonds. The Hall–Kier alpha value is -2.53. The van der Waals surface area contributed by atoms with Gasteiger partial charge in [-0.15, -0.1) is 11.8 Å². The van der Waals surface area contributed by atoms with Crippen molar-refractivity contribution in [3.05, 3.63) is 65.2 Å². The van der Waals surface area contributed by atoms with E-state index in [1.54, 1.807) is 17.8 Å². The Labute approximate surface area is 157 Å². The van der Waals surface area contributed by atoms with E-state index in [2.05, 4.69) is 11.4 Å². The summed E-state index contributed by atoms with van der Waals surface area (Å²) in [6.45, 7) is -0.300. The molecule has 134 valence electrons. The Bertz CT molecular complexity index is 828. The molecule has 0 saturated heterocycles. The average Bonchev–Trinajstić information content (AvgIpc) is 3.13. The van der Waals surface area contributed by atoms with Crippen LogP contribution in [0.3, 0.4) is 0 Å². The van der Waals surface area contributed by atoms with Gasteiger partial charge >= 0.3 is 5.97 Å². The highest BCUT2D eigenvalue weighted by Gasteiger charge is 2.12. The van der Waals surface area contributed by atoms with Crippen molar-refractivity contribution in [2.24, 2.45) is 0 Å². The zero-order valence-electron chi connectivity index (χ0n) is 14.7. The monoisotopic (exact) mass is 367 g/mol. The standard InChI is InChI=1S/C21H21NO3S/c1-26-19-10-5-15(6-11-19)7-12-21(24)25-14-20(23)22-18-9-8-16-3-2-4-17(16)13-18/h5-13H,2-4,14H2,1H3,(H,22,23)/b12-7+. The lowest BCUT2D eigenvalue weighted by Crippen LogP contribution is -2.20. The minimum absolute atomic E-state index is 0.300. The molecule has 26 heavy (non-hydrogen) atoms. The number of ether oxygens (including phenoxy) is 1. The first-order chi connectivity index (χ1) is 12.6. The maximum Gasteiger partial charge on any atom is 0.331 e. The topological polar surface area (TPSA) is 55.4 Å². The number of nitrogens with one attached hydrogen (secondary N) is 1. The van der Waals surface area contributed by atoms with Crippen molar-refractivity contribution in [1.82, 2.24) is 0 Å². The van der Waals surface area contributed by atoms with Gasteiger partial charge in [0.15, 0.2) is 6.61 Å². The number of aryl methyl sites for hydroxylation is 2. The molecule has 1 aliphatic rings. The number of esters is 1. The lowest BCUT2D eigenvalue weighted by molar-refractivity contribution is -0.142. The van der Waals surface area contributed by atoms with Gasteiger partial charge in [-0.1, -0.05) is 18.2 Å². The van der Waals surface area contributed by atoms with Crippen LogP contribution >= 0.6 is 11.8 Å². The van der Waals surface area contributed by atoms with Crippen LogP contribution < -0.4 is 5.32 Å². The zero-order valence-corrected chi connectivity index (χ0v) is 15.5. The summed E-state index contributed by atoms with van der Waals surface area (Å²) in [4.78, 5) is 24.9. The molecule has 1 N–H and O–H groups in total. The lowest BCUT2D eigenvalue weighted by Gasteiger charge is -2.07. The predicted molar refractivity (Wildman–Crippen MR) is 105 cm³/mol. The maximum absolute atomic E-state index is 11.9. The third kappa shape index (κ3) is 4.99. The lowest BCUT2D eigenvalue weighted by atomic mass is 10.1. The van der Waals surface area contributed by atoms with Gasteiger partial charge in [-0.25, -0.2) is 4.79 Å². The zero-order chi connectivity index (χ0) is 18.4. The normalized spacial score (nSPS) is 12.8. The van der Waals surface area contributed by atoms with E-state index in [0.29, 0.717) is 0 Å². The van der Waals surface area contributed by atoms with E-state index in [9.17, 15) is 9.59 Å². The van der Waals surface area contributed by atoms with E-state index in [-0.39, 0.29) is 12.5 Å². The van der Waals surface area contributed by atoms with Crippen molar-refractivity contribution in [3.8, 4) is 0 Å². The molecule has 0 spiro atoms. The van der Waals surface area contributed by atoms with Crippen LogP contribution in [0.25, 0.3) is 6.08 Å². The van der Waals surface area contributed by atoms with Gasteiger partial charge in [0, 0.05) is 16.7 Å². The molecule has 5 heteroatoms. The molecule has 0 fully saturated rings. The van der Waals surface area contributed by atoms with E-state index in [1.807, 2.05) is 42.7 Å². The van der Waals surface area contributed by atoms with Gasteiger partial charge in [-0.3, -0.25) is 4.79 Å². The Kier molecular flexibility index (Phi) is 6.12. The third-order valence-corrected chi connectivity index (χ3v) is 5.00. The molecule has 0 heterocycles. The number of benzene rings is 2. The van der Waals surface area contributed by atoms with Crippen molar-refractivity contribution in [2.45, 2.75) is 24.2 Å². The van der Waals surface area contributed by atoms with Crippen molar-refractivity contribution in [2.75, 3.05) is 18.2 Å². The SMILES string of the molecule is CSc1ccc(/C=C/C(=O)OCC(=O)Nc2ccc3c(c2)CCC3)cc1. The minimum atomic E-state index is -0.539. The van der Waals surface area contributed by atoms with E-state index < -0.39 is 5.97 Å². The van der Waals surface area contributed by atoms with Crippen LogP contribution in [-0.2, 0) is 27.2 Å². The number of hydrogen-bond acceptors (Lipinski definition) is 4. The molecule has 0 atom stereocenters. The highest BCUT2D eigenvalue weighted by atomic mass is 32.2. The predicted octanol–water partition coefficient (Wildman–Crippen LogP) is 4.09. The summed E-state index contributed by atoms with van der Waals surface area (Å²) in [6, 6.07) is 13.8. The summed E-state index contributed by atoms with van der Waals surface area (Å²) in [5, 5.41) is 2.77. The molecule has 0 aromatic heterocycles. The Morgan fingerprint density at radius 3 is 2.65 bits per heavy atom. The molecule has 2 aromatic carbocycles. The second kappa shape index (κ2) is 8.72. The molecule has 0 bridgehead atoms. The number of fused-ring (bicyclic) bond motifs is 1. The van der Waals surface area contributed by atoms with E-state index in [0.717, 1.165) is 35.4 Å². The quantitative estimate of drug-likeness (QED) is 0.475. The van der Waals surface area contributed by atoms with E-state index in [1.165, 1.54) is 17.2 Å². The number of carbonyl (C=O) groups excluding carboxylic acids is 2. The molecule has 0 unspecified atom stereocenters. The van der Waals surface area contributed by atoms with Crippen LogP contribution in [0.5, 0.6) is 0 Å².